The van der Waals surface area contributed by atoms with Crippen molar-refractivity contribution in [2.45, 2.75) is 37.6 Å². The molecule has 5 heteroatoms. The molecule has 21 heavy (non-hydrogen) atoms. The first-order valence-electron chi connectivity index (χ1n) is 7.63. The summed E-state index contributed by atoms with van der Waals surface area (Å²) in [4.78, 5) is 2.53. The van der Waals surface area contributed by atoms with Crippen molar-refractivity contribution in [3.05, 3.63) is 36.0 Å². The smallest absolute Gasteiger partial charge is 0.250 e. The third-order valence-electron chi connectivity index (χ3n) is 4.70. The summed E-state index contributed by atoms with van der Waals surface area (Å²) in [5.41, 5.74) is 0.380. The van der Waals surface area contributed by atoms with Crippen molar-refractivity contribution in [2.75, 3.05) is 13.1 Å². The number of halogens is 1. The highest BCUT2D eigenvalue weighted by Crippen LogP contribution is 2.34. The van der Waals surface area contributed by atoms with Crippen molar-refractivity contribution >= 4 is 0 Å². The molecule has 1 saturated heterocycles. The van der Waals surface area contributed by atoms with E-state index in [1.807, 2.05) is 0 Å². The second-order valence-electron chi connectivity index (χ2n) is 5.99. The Morgan fingerprint density at radius 1 is 1.14 bits per heavy atom. The number of nitrogens with zero attached hydrogens (tertiary/aromatic N) is 3. The zero-order valence-electron chi connectivity index (χ0n) is 11.8. The monoisotopic (exact) mass is 287 g/mol. The van der Waals surface area contributed by atoms with E-state index < -0.39 is 0 Å². The van der Waals surface area contributed by atoms with Gasteiger partial charge < -0.3 is 4.42 Å². The van der Waals surface area contributed by atoms with E-state index in [0.29, 0.717) is 17.4 Å². The number of hydrogen-bond acceptors (Lipinski definition) is 4. The van der Waals surface area contributed by atoms with Crippen LogP contribution >= 0.6 is 0 Å². The summed E-state index contributed by atoms with van der Waals surface area (Å²) in [7, 11) is 0. The first-order valence-corrected chi connectivity index (χ1v) is 7.63. The summed E-state index contributed by atoms with van der Waals surface area (Å²) in [6.45, 7) is 2.09. The van der Waals surface area contributed by atoms with E-state index in [2.05, 4.69) is 15.1 Å². The van der Waals surface area contributed by atoms with Gasteiger partial charge in [-0.25, -0.2) is 4.39 Å². The fraction of sp³-hybridized carbons (Fsp3) is 0.500. The van der Waals surface area contributed by atoms with Gasteiger partial charge in [0.1, 0.15) is 5.82 Å². The largest absolute Gasteiger partial charge is 0.420 e. The molecule has 1 saturated carbocycles. The van der Waals surface area contributed by atoms with Crippen LogP contribution in [0, 0.1) is 5.82 Å². The fourth-order valence-corrected chi connectivity index (χ4v) is 3.22. The molecule has 0 N–H and O–H groups in total. The molecule has 1 atom stereocenters. The van der Waals surface area contributed by atoms with E-state index in [-0.39, 0.29) is 11.7 Å². The Kier molecular flexibility index (Phi) is 3.22. The molecule has 0 unspecified atom stereocenters. The maximum absolute atomic E-state index is 13.7. The minimum atomic E-state index is -0.324. The van der Waals surface area contributed by atoms with Crippen molar-refractivity contribution in [3.8, 4) is 11.5 Å². The maximum atomic E-state index is 13.7. The molecule has 0 amide bonds. The Morgan fingerprint density at radius 3 is 2.76 bits per heavy atom. The SMILES string of the molecule is Fc1ccccc1-c1nnc([C@H]2CCN(C3CCC3)C2)o1. The van der Waals surface area contributed by atoms with Gasteiger partial charge in [-0.3, -0.25) is 4.90 Å². The molecule has 2 aliphatic rings. The zero-order chi connectivity index (χ0) is 14.2. The van der Waals surface area contributed by atoms with Gasteiger partial charge in [-0.15, -0.1) is 10.2 Å². The summed E-state index contributed by atoms with van der Waals surface area (Å²) in [5.74, 6) is 0.897. The lowest BCUT2D eigenvalue weighted by Crippen LogP contribution is -2.38. The van der Waals surface area contributed by atoms with Gasteiger partial charge in [0, 0.05) is 12.6 Å². The predicted octanol–water partition coefficient (Wildman–Crippen LogP) is 3.22. The second kappa shape index (κ2) is 5.22. The van der Waals surface area contributed by atoms with E-state index in [1.165, 1.54) is 25.3 Å². The molecular weight excluding hydrogens is 269 g/mol. The number of likely N-dealkylation sites (tertiary alicyclic amines) is 1. The van der Waals surface area contributed by atoms with Gasteiger partial charge in [0.15, 0.2) is 0 Å². The Bertz CT molecular complexity index is 638. The molecular formula is C16H18FN3O. The van der Waals surface area contributed by atoms with Crippen LogP contribution in [-0.4, -0.2) is 34.2 Å². The Labute approximate surface area is 123 Å². The highest BCUT2D eigenvalue weighted by molar-refractivity contribution is 5.53. The summed E-state index contributed by atoms with van der Waals surface area (Å²) < 4.78 is 19.5. The predicted molar refractivity (Wildman–Crippen MR) is 76.3 cm³/mol. The van der Waals surface area contributed by atoms with Crippen LogP contribution in [0.25, 0.3) is 11.5 Å². The Balaban J connectivity index is 1.51. The summed E-state index contributed by atoms with van der Waals surface area (Å²) in [6, 6.07) is 7.26. The van der Waals surface area contributed by atoms with E-state index >= 15 is 0 Å². The number of hydrogen-bond donors (Lipinski definition) is 0. The van der Waals surface area contributed by atoms with Crippen LogP contribution in [0.2, 0.25) is 0 Å². The van der Waals surface area contributed by atoms with Gasteiger partial charge in [-0.1, -0.05) is 18.6 Å². The van der Waals surface area contributed by atoms with Crippen LogP contribution in [0.15, 0.2) is 28.7 Å². The number of rotatable bonds is 3. The van der Waals surface area contributed by atoms with Crippen LogP contribution in [0.1, 0.15) is 37.5 Å². The summed E-state index contributed by atoms with van der Waals surface area (Å²) in [5, 5.41) is 8.16. The first kappa shape index (κ1) is 13.0. The maximum Gasteiger partial charge on any atom is 0.250 e. The molecule has 2 fully saturated rings. The molecule has 1 aromatic carbocycles. The Morgan fingerprint density at radius 2 is 2.00 bits per heavy atom. The van der Waals surface area contributed by atoms with Crippen LogP contribution < -0.4 is 0 Å². The number of benzene rings is 1. The molecule has 2 heterocycles. The molecule has 0 spiro atoms. The van der Waals surface area contributed by atoms with Gasteiger partial charge in [0.25, 0.3) is 5.89 Å². The topological polar surface area (TPSA) is 42.2 Å². The van der Waals surface area contributed by atoms with E-state index in [9.17, 15) is 4.39 Å². The summed E-state index contributed by atoms with van der Waals surface area (Å²) >= 11 is 0. The third kappa shape index (κ3) is 2.35. The second-order valence-corrected chi connectivity index (χ2v) is 5.99. The van der Waals surface area contributed by atoms with Gasteiger partial charge in [-0.2, -0.15) is 0 Å². The molecule has 4 rings (SSSR count). The molecule has 2 aromatic rings. The highest BCUT2D eigenvalue weighted by Gasteiger charge is 2.34. The zero-order valence-corrected chi connectivity index (χ0v) is 11.8. The Hall–Kier alpha value is -1.75. The normalized spacial score (nSPS) is 23.4. The minimum absolute atomic E-state index is 0.283. The molecule has 110 valence electrons. The first-order chi connectivity index (χ1) is 10.3. The van der Waals surface area contributed by atoms with Crippen molar-refractivity contribution in [1.29, 1.82) is 0 Å². The van der Waals surface area contributed by atoms with Crippen LogP contribution in [0.3, 0.4) is 0 Å². The van der Waals surface area contributed by atoms with E-state index in [1.54, 1.807) is 18.2 Å². The molecule has 1 aliphatic heterocycles. The lowest BCUT2D eigenvalue weighted by molar-refractivity contribution is 0.156. The standard InChI is InChI=1S/C16H18FN3O/c17-14-7-2-1-6-13(14)16-19-18-15(21-16)11-8-9-20(10-11)12-4-3-5-12/h1-2,6-7,11-12H,3-5,8-10H2/t11-/m0/s1. The lowest BCUT2D eigenvalue weighted by atomic mass is 9.92. The quantitative estimate of drug-likeness (QED) is 0.869. The lowest BCUT2D eigenvalue weighted by Gasteiger charge is -2.34. The summed E-state index contributed by atoms with van der Waals surface area (Å²) in [6.07, 6.45) is 5.04. The molecule has 0 bridgehead atoms. The van der Waals surface area contributed by atoms with Gasteiger partial charge in [0.2, 0.25) is 5.89 Å². The van der Waals surface area contributed by atoms with Crippen molar-refractivity contribution < 1.29 is 8.81 Å². The third-order valence-corrected chi connectivity index (χ3v) is 4.70. The highest BCUT2D eigenvalue weighted by atomic mass is 19.1. The molecule has 1 aromatic heterocycles. The average Bonchev–Trinajstić information content (AvgIpc) is 3.06. The van der Waals surface area contributed by atoms with Crippen molar-refractivity contribution in [1.82, 2.24) is 15.1 Å². The minimum Gasteiger partial charge on any atom is -0.420 e. The van der Waals surface area contributed by atoms with Gasteiger partial charge in [-0.05, 0) is 37.9 Å². The average molecular weight is 287 g/mol. The molecule has 4 nitrogen and oxygen atoms in total. The van der Waals surface area contributed by atoms with E-state index in [4.69, 9.17) is 4.42 Å². The van der Waals surface area contributed by atoms with Gasteiger partial charge in [0.05, 0.1) is 11.5 Å². The van der Waals surface area contributed by atoms with Gasteiger partial charge >= 0.3 is 0 Å². The number of aromatic nitrogens is 2. The molecule has 0 radical (unpaired) electrons. The van der Waals surface area contributed by atoms with Crippen LogP contribution in [0.4, 0.5) is 4.39 Å². The van der Waals surface area contributed by atoms with Crippen molar-refractivity contribution in [2.24, 2.45) is 0 Å². The van der Waals surface area contributed by atoms with E-state index in [0.717, 1.165) is 25.6 Å². The van der Waals surface area contributed by atoms with Crippen LogP contribution in [-0.2, 0) is 0 Å². The van der Waals surface area contributed by atoms with Crippen LogP contribution in [0.5, 0.6) is 0 Å². The fourth-order valence-electron chi connectivity index (χ4n) is 3.22. The van der Waals surface area contributed by atoms with Crippen molar-refractivity contribution in [3.63, 3.8) is 0 Å². The molecule has 1 aliphatic carbocycles.